The number of benzene rings is 2. The summed E-state index contributed by atoms with van der Waals surface area (Å²) in [4.78, 5) is 24.9. The number of para-hydroxylation sites is 1. The van der Waals surface area contributed by atoms with E-state index in [0.717, 1.165) is 75.3 Å². The van der Waals surface area contributed by atoms with Crippen molar-refractivity contribution in [3.8, 4) is 17.0 Å². The predicted molar refractivity (Wildman–Crippen MR) is 185 cm³/mol. The number of nitrogens with one attached hydrogen (secondary N) is 2. The van der Waals surface area contributed by atoms with Crippen molar-refractivity contribution in [3.05, 3.63) is 60.6 Å². The van der Waals surface area contributed by atoms with Crippen LogP contribution in [0.1, 0.15) is 42.2 Å². The van der Waals surface area contributed by atoms with Crippen LogP contribution in [0.15, 0.2) is 54.9 Å². The van der Waals surface area contributed by atoms with Gasteiger partial charge in [0.25, 0.3) is 0 Å². The Bertz CT molecular complexity index is 1800. The number of aromatic nitrogens is 5. The molecule has 2 fully saturated rings. The van der Waals surface area contributed by atoms with Gasteiger partial charge in [0.1, 0.15) is 23.6 Å². The molecule has 1 saturated heterocycles. The van der Waals surface area contributed by atoms with Crippen LogP contribution < -0.4 is 15.4 Å². The minimum absolute atomic E-state index is 0.345. The first-order valence-corrected chi connectivity index (χ1v) is 16.1. The lowest BCUT2D eigenvalue weighted by Crippen LogP contribution is -2.49. The number of fused-ring (bicyclic) bond motifs is 2. The highest BCUT2D eigenvalue weighted by Gasteiger charge is 2.31. The lowest BCUT2D eigenvalue weighted by atomic mass is 9.90. The molecule has 0 amide bonds. The van der Waals surface area contributed by atoms with Crippen molar-refractivity contribution < 1.29 is 9.53 Å². The molecule has 0 radical (unpaired) electrons. The lowest BCUT2D eigenvalue weighted by molar-refractivity contribution is 0.0815. The molecule has 5 aromatic rings. The second-order valence-corrected chi connectivity index (χ2v) is 12.2. The monoisotopic (exact) mass is 623 g/mol. The highest BCUT2D eigenvalue weighted by Crippen LogP contribution is 2.39. The summed E-state index contributed by atoms with van der Waals surface area (Å²) in [5.41, 5.74) is 5.55. The topological polar surface area (TPSA) is 105 Å². The molecule has 1 aliphatic heterocycles. The van der Waals surface area contributed by atoms with Gasteiger partial charge in [-0.25, -0.2) is 14.6 Å². The molecule has 7 rings (SSSR count). The number of ether oxygens (including phenoxy) is 1. The van der Waals surface area contributed by atoms with Crippen molar-refractivity contribution in [2.24, 2.45) is 7.05 Å². The first-order chi connectivity index (χ1) is 22.4. The van der Waals surface area contributed by atoms with Gasteiger partial charge in [-0.3, -0.25) is 9.69 Å². The number of aryl methyl sites for hydroxylation is 1. The Kier molecular flexibility index (Phi) is 9.51. The molecule has 4 heterocycles. The number of likely N-dealkylation sites (N-methyl/N-ethyl adjacent to an activating group) is 1. The van der Waals surface area contributed by atoms with Gasteiger partial charge in [0.15, 0.2) is 11.9 Å². The van der Waals surface area contributed by atoms with Crippen LogP contribution in [0.25, 0.3) is 33.2 Å². The van der Waals surface area contributed by atoms with Crippen LogP contribution in [0.4, 0.5) is 11.5 Å². The van der Waals surface area contributed by atoms with Crippen LogP contribution in [0, 0.1) is 0 Å². The molecule has 0 atom stereocenters. The molecule has 1 aliphatic carbocycles. The van der Waals surface area contributed by atoms with E-state index in [1.807, 2.05) is 68.2 Å². The van der Waals surface area contributed by atoms with Gasteiger partial charge in [0.05, 0.1) is 29.9 Å². The van der Waals surface area contributed by atoms with Gasteiger partial charge in [0.2, 0.25) is 0 Å². The van der Waals surface area contributed by atoms with Crippen LogP contribution in [-0.2, 0) is 7.05 Å². The highest BCUT2D eigenvalue weighted by molar-refractivity contribution is 5.99. The molecule has 0 spiro atoms. The van der Waals surface area contributed by atoms with E-state index in [9.17, 15) is 4.79 Å². The second-order valence-electron chi connectivity index (χ2n) is 12.2. The standard InChI is InChI=1S/C25H36N8O.C10H9NO/c1-26-20-10-5-17(15-21(20)34-4)23-22-24(27-2)28-16-29-25(22)33(30-23)19-8-6-18(7-9-19)32-13-11-31(3)12-14-32;1-11-9(7-12)6-8-4-2-3-5-10(8)11/h5,10,15-16,18-19,26H,6-9,11-14H2,1-4H3,(H,27,28,29);2-7H,1H3. The van der Waals surface area contributed by atoms with E-state index in [1.165, 1.54) is 39.0 Å². The number of nitrogens with zero attached hydrogens (tertiary/aromatic N) is 7. The Labute approximate surface area is 270 Å². The minimum Gasteiger partial charge on any atom is -0.495 e. The number of carbonyl (C=O) groups is 1. The molecule has 3 aromatic heterocycles. The van der Waals surface area contributed by atoms with E-state index < -0.39 is 0 Å². The van der Waals surface area contributed by atoms with Crippen LogP contribution >= 0.6 is 0 Å². The van der Waals surface area contributed by atoms with Crippen LogP contribution in [0.5, 0.6) is 5.75 Å². The maximum atomic E-state index is 10.6. The number of rotatable bonds is 7. The summed E-state index contributed by atoms with van der Waals surface area (Å²) in [5, 5.41) is 13.6. The molecule has 2 N–H and O–H groups in total. The Morgan fingerprint density at radius 2 is 1.63 bits per heavy atom. The summed E-state index contributed by atoms with van der Waals surface area (Å²) < 4.78 is 9.66. The predicted octanol–water partition coefficient (Wildman–Crippen LogP) is 5.31. The maximum absolute atomic E-state index is 10.6. The van der Waals surface area contributed by atoms with Gasteiger partial charge in [-0.05, 0) is 57.0 Å². The fourth-order valence-corrected chi connectivity index (χ4v) is 6.94. The van der Waals surface area contributed by atoms with Crippen molar-refractivity contribution in [1.82, 2.24) is 34.1 Å². The molecule has 46 heavy (non-hydrogen) atoms. The summed E-state index contributed by atoms with van der Waals surface area (Å²) in [7, 11) is 9.60. The molecule has 242 valence electrons. The van der Waals surface area contributed by atoms with Gasteiger partial charge in [-0.2, -0.15) is 5.10 Å². The Morgan fingerprint density at radius 1 is 0.891 bits per heavy atom. The lowest BCUT2D eigenvalue weighted by Gasteiger charge is -2.41. The number of anilines is 2. The van der Waals surface area contributed by atoms with E-state index in [-0.39, 0.29) is 0 Å². The first-order valence-electron chi connectivity index (χ1n) is 16.1. The molecule has 2 aromatic carbocycles. The van der Waals surface area contributed by atoms with Crippen molar-refractivity contribution in [2.75, 3.05) is 65.1 Å². The number of aldehydes is 1. The fraction of sp³-hybridized carbons (Fsp3) is 0.429. The summed E-state index contributed by atoms with van der Waals surface area (Å²) in [6.07, 6.45) is 7.17. The van der Waals surface area contributed by atoms with Crippen LogP contribution in [-0.4, -0.2) is 101 Å². The van der Waals surface area contributed by atoms with Crippen molar-refractivity contribution in [1.29, 1.82) is 0 Å². The van der Waals surface area contributed by atoms with E-state index in [0.29, 0.717) is 12.1 Å². The molecular formula is C35H45N9O2. The smallest absolute Gasteiger partial charge is 0.166 e. The largest absolute Gasteiger partial charge is 0.495 e. The van der Waals surface area contributed by atoms with Crippen LogP contribution in [0.2, 0.25) is 0 Å². The average Bonchev–Trinajstić information content (AvgIpc) is 3.66. The zero-order valence-corrected chi connectivity index (χ0v) is 27.5. The number of piperazine rings is 1. The Hall–Kier alpha value is -4.48. The van der Waals surface area contributed by atoms with E-state index in [1.54, 1.807) is 13.4 Å². The van der Waals surface area contributed by atoms with Gasteiger partial charge in [-0.15, -0.1) is 0 Å². The fourth-order valence-electron chi connectivity index (χ4n) is 6.94. The maximum Gasteiger partial charge on any atom is 0.166 e. The number of methoxy groups -OCH3 is 1. The molecule has 2 aliphatic rings. The molecule has 0 bridgehead atoms. The normalized spacial score (nSPS) is 19.1. The Balaban J connectivity index is 0.000000259. The third-order valence-electron chi connectivity index (χ3n) is 9.65. The summed E-state index contributed by atoms with van der Waals surface area (Å²) in [6.45, 7) is 4.72. The summed E-state index contributed by atoms with van der Waals surface area (Å²) in [5.74, 6) is 1.59. The molecule has 11 nitrogen and oxygen atoms in total. The number of hydrogen-bond acceptors (Lipinski definition) is 9. The zero-order valence-electron chi connectivity index (χ0n) is 27.5. The summed E-state index contributed by atoms with van der Waals surface area (Å²) >= 11 is 0. The third kappa shape index (κ3) is 6.17. The zero-order chi connectivity index (χ0) is 32.2. The second kappa shape index (κ2) is 13.9. The van der Waals surface area contributed by atoms with Crippen molar-refractivity contribution in [2.45, 2.75) is 37.8 Å². The summed E-state index contributed by atoms with van der Waals surface area (Å²) in [6, 6.07) is 17.0. The van der Waals surface area contributed by atoms with Crippen LogP contribution in [0.3, 0.4) is 0 Å². The first kappa shape index (κ1) is 31.5. The molecule has 0 unspecified atom stereocenters. The number of hydrogen-bond donors (Lipinski definition) is 2. The van der Waals surface area contributed by atoms with E-state index in [4.69, 9.17) is 14.8 Å². The van der Waals surface area contributed by atoms with Gasteiger partial charge in [0, 0.05) is 69.8 Å². The SMILES string of the molecule is CNc1ccc(-c2nn(C3CCC(N4CCN(C)CC4)CC3)c3ncnc(NC)c23)cc1OC.Cn1c(C=O)cc2ccccc21. The van der Waals surface area contributed by atoms with Crippen molar-refractivity contribution >= 4 is 39.7 Å². The van der Waals surface area contributed by atoms with Gasteiger partial charge < -0.3 is 24.8 Å². The van der Waals surface area contributed by atoms with E-state index in [2.05, 4.69) is 43.2 Å². The van der Waals surface area contributed by atoms with Gasteiger partial charge in [-0.1, -0.05) is 24.3 Å². The van der Waals surface area contributed by atoms with Crippen molar-refractivity contribution in [3.63, 3.8) is 0 Å². The third-order valence-corrected chi connectivity index (χ3v) is 9.65. The Morgan fingerprint density at radius 3 is 2.30 bits per heavy atom. The molecule has 11 heteroatoms. The molecular weight excluding hydrogens is 578 g/mol. The van der Waals surface area contributed by atoms with E-state index >= 15 is 0 Å². The molecule has 1 saturated carbocycles. The quantitative estimate of drug-likeness (QED) is 0.234. The van der Waals surface area contributed by atoms with Gasteiger partial charge >= 0.3 is 0 Å². The minimum atomic E-state index is 0.345. The number of carbonyl (C=O) groups excluding carboxylic acids is 1. The average molecular weight is 624 g/mol. The highest BCUT2D eigenvalue weighted by atomic mass is 16.5.